The van der Waals surface area contributed by atoms with Crippen LogP contribution < -0.4 is 11.1 Å². The Balaban J connectivity index is 0.000000482. The Morgan fingerprint density at radius 2 is 1.21 bits per heavy atom. The monoisotopic (exact) mass is 694 g/mol. The van der Waals surface area contributed by atoms with Crippen molar-refractivity contribution in [2.75, 3.05) is 19.8 Å². The predicted octanol–water partition coefficient (Wildman–Crippen LogP) is 6.29. The number of aromatic nitrogens is 2. The minimum atomic E-state index is -4.75. The van der Waals surface area contributed by atoms with Crippen molar-refractivity contribution in [1.82, 2.24) is 9.13 Å². The molecule has 2 atom stereocenters. The molecule has 2 aromatic rings. The maximum Gasteiger partial charge on any atom is 0.417 e. The van der Waals surface area contributed by atoms with Crippen LogP contribution in [0.4, 0.5) is 26.3 Å². The van der Waals surface area contributed by atoms with Crippen LogP contribution in [0.15, 0.2) is 40.4 Å². The topological polar surface area (TPSA) is 123 Å². The predicted molar refractivity (Wildman–Crippen MR) is 163 cm³/mol. The minimum absolute atomic E-state index is 0.0929. The summed E-state index contributed by atoms with van der Waals surface area (Å²) in [7, 11) is 0. The summed E-state index contributed by atoms with van der Waals surface area (Å²) in [6.45, 7) is 8.97. The summed E-state index contributed by atoms with van der Waals surface area (Å²) in [6, 6.07) is -1.08. The Morgan fingerprint density at radius 3 is 1.60 bits per heavy atom. The first-order valence-electron chi connectivity index (χ1n) is 15.2. The third-order valence-corrected chi connectivity index (χ3v) is 6.61. The summed E-state index contributed by atoms with van der Waals surface area (Å²) in [5.41, 5.74) is -4.72. The van der Waals surface area contributed by atoms with Gasteiger partial charge < -0.3 is 28.1 Å². The standard InChI is InChI=1S/C17H22F3NO4.C15H18F3NO4/c1-4-7-14(16(23)25-6-3)21-11-12(8-9-24-5-2)13(10-15(21)22)17(18,19)20;1-3-5-12(14(22)23-4-2)19-9-10(6-7-20)11(8-13(19)21)15(16,17)18/h8-11,14H,4-7H2,1-3H3;7-9,12H,3-6H2,1-2H3/b9-8+;. The second kappa shape index (κ2) is 19.5. The molecule has 0 spiro atoms. The van der Waals surface area contributed by atoms with Gasteiger partial charge in [0.1, 0.15) is 18.4 Å². The molecular formula is C32H40F6N2O8. The number of hydrogen-bond acceptors (Lipinski definition) is 8. The molecule has 2 unspecified atom stereocenters. The van der Waals surface area contributed by atoms with E-state index >= 15 is 0 Å². The van der Waals surface area contributed by atoms with Crippen LogP contribution in [0.25, 0.3) is 6.08 Å². The Morgan fingerprint density at radius 1 is 0.750 bits per heavy atom. The molecule has 0 bridgehead atoms. The third kappa shape index (κ3) is 12.0. The van der Waals surface area contributed by atoms with Gasteiger partial charge in [0.25, 0.3) is 11.1 Å². The SMILES string of the molecule is CCCC(C(=O)OCC)n1cc(/C=C/OCC)c(C(F)(F)F)cc1=O.CCCC(C(=O)OCC)n1cc(CC=O)c(C(F)(F)F)cc1=O. The van der Waals surface area contributed by atoms with E-state index in [4.69, 9.17) is 14.2 Å². The summed E-state index contributed by atoms with van der Waals surface area (Å²) < 4.78 is 95.1. The first-order valence-corrected chi connectivity index (χ1v) is 15.2. The first kappa shape index (κ1) is 41.7. The number of pyridine rings is 2. The Bertz CT molecular complexity index is 1510. The van der Waals surface area contributed by atoms with Crippen molar-refractivity contribution < 1.29 is 54.9 Å². The highest BCUT2D eigenvalue weighted by molar-refractivity contribution is 5.75. The number of nitrogens with zero attached hydrogens (tertiary/aromatic N) is 2. The molecule has 2 aromatic heterocycles. The van der Waals surface area contributed by atoms with E-state index in [1.54, 1.807) is 34.6 Å². The van der Waals surface area contributed by atoms with Crippen molar-refractivity contribution in [3.05, 3.63) is 73.7 Å². The van der Waals surface area contributed by atoms with Gasteiger partial charge in [-0.25, -0.2) is 9.59 Å². The van der Waals surface area contributed by atoms with Gasteiger partial charge in [0.15, 0.2) is 0 Å². The molecular weight excluding hydrogens is 654 g/mol. The number of esters is 2. The zero-order valence-electron chi connectivity index (χ0n) is 27.3. The summed E-state index contributed by atoms with van der Waals surface area (Å²) in [4.78, 5) is 58.9. The van der Waals surface area contributed by atoms with E-state index in [0.29, 0.717) is 37.9 Å². The van der Waals surface area contributed by atoms with Gasteiger partial charge in [-0.05, 0) is 45.3 Å². The molecule has 2 rings (SSSR count). The second-order valence-corrected chi connectivity index (χ2v) is 10.1. The molecule has 0 aliphatic heterocycles. The number of halogens is 6. The van der Waals surface area contributed by atoms with Gasteiger partial charge in [-0.15, -0.1) is 0 Å². The molecule has 0 amide bonds. The van der Waals surface area contributed by atoms with Gasteiger partial charge in [-0.1, -0.05) is 26.7 Å². The van der Waals surface area contributed by atoms with Gasteiger partial charge in [0.2, 0.25) is 0 Å². The molecule has 2 heterocycles. The molecule has 0 aromatic carbocycles. The van der Waals surface area contributed by atoms with Crippen molar-refractivity contribution in [3.8, 4) is 0 Å². The van der Waals surface area contributed by atoms with Gasteiger partial charge in [0.05, 0.1) is 37.2 Å². The van der Waals surface area contributed by atoms with Crippen LogP contribution >= 0.6 is 0 Å². The summed E-state index contributed by atoms with van der Waals surface area (Å²) >= 11 is 0. The van der Waals surface area contributed by atoms with Crippen molar-refractivity contribution in [1.29, 1.82) is 0 Å². The fourth-order valence-corrected chi connectivity index (χ4v) is 4.52. The lowest BCUT2D eigenvalue weighted by atomic mass is 10.1. The lowest BCUT2D eigenvalue weighted by Gasteiger charge is -2.20. The molecule has 0 saturated heterocycles. The number of carbonyl (C=O) groups excluding carboxylic acids is 3. The highest BCUT2D eigenvalue weighted by Crippen LogP contribution is 2.33. The Labute approximate surface area is 273 Å². The number of rotatable bonds is 15. The van der Waals surface area contributed by atoms with Crippen LogP contribution in [-0.4, -0.2) is 47.2 Å². The van der Waals surface area contributed by atoms with E-state index in [-0.39, 0.29) is 37.2 Å². The number of ether oxygens (including phenoxy) is 3. The lowest BCUT2D eigenvalue weighted by Crippen LogP contribution is -2.32. The van der Waals surface area contributed by atoms with Crippen LogP contribution in [0.5, 0.6) is 0 Å². The lowest BCUT2D eigenvalue weighted by molar-refractivity contribution is -0.148. The van der Waals surface area contributed by atoms with Gasteiger partial charge >= 0.3 is 24.3 Å². The van der Waals surface area contributed by atoms with E-state index in [1.807, 2.05) is 0 Å². The molecule has 10 nitrogen and oxygen atoms in total. The molecule has 0 N–H and O–H groups in total. The molecule has 0 aliphatic rings. The van der Waals surface area contributed by atoms with Crippen LogP contribution in [-0.2, 0) is 47.4 Å². The van der Waals surface area contributed by atoms with Crippen molar-refractivity contribution >= 4 is 24.3 Å². The summed E-state index contributed by atoms with van der Waals surface area (Å²) in [6.07, 6.45) is -3.83. The van der Waals surface area contributed by atoms with E-state index in [0.717, 1.165) is 33.9 Å². The number of hydrogen-bond donors (Lipinski definition) is 0. The molecule has 48 heavy (non-hydrogen) atoms. The maximum absolute atomic E-state index is 13.2. The molecule has 0 radical (unpaired) electrons. The first-order chi connectivity index (χ1) is 22.5. The van der Waals surface area contributed by atoms with Crippen molar-refractivity contribution in [3.63, 3.8) is 0 Å². The zero-order valence-corrected chi connectivity index (χ0v) is 27.3. The van der Waals surface area contributed by atoms with E-state index in [1.165, 1.54) is 0 Å². The largest absolute Gasteiger partial charge is 0.501 e. The highest BCUT2D eigenvalue weighted by Gasteiger charge is 2.36. The molecule has 16 heteroatoms. The molecule has 0 aliphatic carbocycles. The Kier molecular flexibility index (Phi) is 16.9. The van der Waals surface area contributed by atoms with E-state index in [2.05, 4.69) is 0 Å². The van der Waals surface area contributed by atoms with Crippen molar-refractivity contribution in [2.45, 2.75) is 91.2 Å². The molecule has 0 fully saturated rings. The molecule has 268 valence electrons. The van der Waals surface area contributed by atoms with Crippen molar-refractivity contribution in [2.24, 2.45) is 0 Å². The fourth-order valence-electron chi connectivity index (χ4n) is 4.52. The average molecular weight is 695 g/mol. The van der Waals surface area contributed by atoms with Gasteiger partial charge in [-0.3, -0.25) is 9.59 Å². The quantitative estimate of drug-likeness (QED) is 0.0923. The zero-order chi connectivity index (χ0) is 36.7. The Hall–Kier alpha value is -4.37. The van der Waals surface area contributed by atoms with Crippen LogP contribution in [0.2, 0.25) is 0 Å². The van der Waals surface area contributed by atoms with Gasteiger partial charge in [0, 0.05) is 36.5 Å². The maximum atomic E-state index is 13.2. The fraction of sp³-hybridized carbons (Fsp3) is 0.531. The molecule has 0 saturated carbocycles. The van der Waals surface area contributed by atoms with Crippen LogP contribution in [0, 0.1) is 0 Å². The normalized spacial score (nSPS) is 12.9. The summed E-state index contributed by atoms with van der Waals surface area (Å²) in [5.74, 6) is -1.33. The van der Waals surface area contributed by atoms with Crippen LogP contribution in [0.3, 0.4) is 0 Å². The number of aldehydes is 1. The smallest absolute Gasteiger partial charge is 0.417 e. The highest BCUT2D eigenvalue weighted by atomic mass is 19.4. The third-order valence-electron chi connectivity index (χ3n) is 6.61. The number of alkyl halides is 6. The van der Waals surface area contributed by atoms with Crippen LogP contribution in [0.1, 0.15) is 94.6 Å². The second-order valence-electron chi connectivity index (χ2n) is 10.1. The van der Waals surface area contributed by atoms with Gasteiger partial charge in [-0.2, -0.15) is 26.3 Å². The summed E-state index contributed by atoms with van der Waals surface area (Å²) in [5, 5.41) is 0. The number of carbonyl (C=O) groups is 3. The average Bonchev–Trinajstić information content (AvgIpc) is 3.00. The van der Waals surface area contributed by atoms with E-state index < -0.39 is 65.0 Å². The minimum Gasteiger partial charge on any atom is -0.501 e. The van der Waals surface area contributed by atoms with E-state index in [9.17, 15) is 50.3 Å².